The highest BCUT2D eigenvalue weighted by molar-refractivity contribution is 5.33. The second-order valence-corrected chi connectivity index (χ2v) is 2.33. The number of phenolic OH excluding ortho intramolecular Hbond substituents is 1. The highest BCUT2D eigenvalue weighted by atomic mass is 16.3. The van der Waals surface area contributed by atoms with Gasteiger partial charge in [0.1, 0.15) is 11.9 Å². The van der Waals surface area contributed by atoms with Gasteiger partial charge < -0.3 is 5.11 Å². The molecule has 0 saturated carbocycles. The molecule has 1 aromatic rings. The van der Waals surface area contributed by atoms with Gasteiger partial charge in [-0.15, -0.1) is 0 Å². The van der Waals surface area contributed by atoms with Crippen LogP contribution in [0.25, 0.3) is 0 Å². The second kappa shape index (κ2) is 4.03. The maximum atomic E-state index is 9.35. The van der Waals surface area contributed by atoms with E-state index in [0.29, 0.717) is 5.56 Å². The van der Waals surface area contributed by atoms with Crippen molar-refractivity contribution in [3.05, 3.63) is 29.8 Å². The molecule has 0 bridgehead atoms. The normalized spacial score (nSPS) is 10.6. The van der Waals surface area contributed by atoms with Crippen LogP contribution in [0.4, 0.5) is 0 Å². The van der Waals surface area contributed by atoms with E-state index < -0.39 is 6.17 Å². The van der Waals surface area contributed by atoms with Crippen molar-refractivity contribution >= 4 is 0 Å². The van der Waals surface area contributed by atoms with Gasteiger partial charge >= 0.3 is 0 Å². The van der Waals surface area contributed by atoms with Crippen LogP contribution in [0.3, 0.4) is 0 Å². The summed E-state index contributed by atoms with van der Waals surface area (Å²) in [6.07, 6.45) is -0.439. The third-order valence-corrected chi connectivity index (χ3v) is 1.58. The molecule has 7 N–H and O–H groups in total. The number of hydrogen-bond donors (Lipinski definition) is 5. The van der Waals surface area contributed by atoms with E-state index >= 15 is 0 Å². The van der Waals surface area contributed by atoms with Crippen LogP contribution < -0.4 is 22.5 Å². The maximum Gasteiger partial charge on any atom is 0.121 e. The van der Waals surface area contributed by atoms with E-state index in [4.69, 9.17) is 11.7 Å². The van der Waals surface area contributed by atoms with Crippen molar-refractivity contribution in [1.82, 2.24) is 10.9 Å². The maximum absolute atomic E-state index is 9.35. The van der Waals surface area contributed by atoms with Gasteiger partial charge in [0.2, 0.25) is 0 Å². The number of nitrogens with one attached hydrogen (secondary N) is 2. The Morgan fingerprint density at radius 3 is 2.25 bits per heavy atom. The number of hydrazine groups is 2. The zero-order valence-corrected chi connectivity index (χ0v) is 6.49. The fourth-order valence-corrected chi connectivity index (χ4v) is 0.959. The second-order valence-electron chi connectivity index (χ2n) is 2.33. The van der Waals surface area contributed by atoms with Crippen LogP contribution >= 0.6 is 0 Å². The molecule has 0 unspecified atom stereocenters. The van der Waals surface area contributed by atoms with E-state index in [9.17, 15) is 5.11 Å². The fraction of sp³-hybridized carbons (Fsp3) is 0.143. The van der Waals surface area contributed by atoms with Crippen molar-refractivity contribution in [1.29, 1.82) is 0 Å². The molecule has 0 heterocycles. The fourth-order valence-electron chi connectivity index (χ4n) is 0.959. The average Bonchev–Trinajstić information content (AvgIpc) is 2.10. The number of phenols is 1. The zero-order chi connectivity index (χ0) is 8.97. The molecule has 0 aliphatic heterocycles. The molecule has 0 atom stereocenters. The molecule has 0 aromatic heterocycles. The first-order valence-electron chi connectivity index (χ1n) is 3.49. The summed E-state index contributed by atoms with van der Waals surface area (Å²) in [6.45, 7) is 0. The SMILES string of the molecule is NNC(NN)c1ccccc1O. The number of hydrogen-bond acceptors (Lipinski definition) is 5. The molecule has 5 nitrogen and oxygen atoms in total. The lowest BCUT2D eigenvalue weighted by Crippen LogP contribution is -2.41. The lowest BCUT2D eigenvalue weighted by atomic mass is 10.1. The van der Waals surface area contributed by atoms with Gasteiger partial charge in [-0.3, -0.25) is 11.7 Å². The van der Waals surface area contributed by atoms with Crippen molar-refractivity contribution in [3.8, 4) is 5.75 Å². The standard InChI is InChI=1S/C7H12N4O/c8-10-7(11-9)5-3-1-2-4-6(5)12/h1-4,7,10-12H,8-9H2. The lowest BCUT2D eigenvalue weighted by molar-refractivity contribution is 0.417. The van der Waals surface area contributed by atoms with Crippen LogP contribution in [0.5, 0.6) is 5.75 Å². The lowest BCUT2D eigenvalue weighted by Gasteiger charge is -2.15. The molecule has 12 heavy (non-hydrogen) atoms. The van der Waals surface area contributed by atoms with Gasteiger partial charge in [0, 0.05) is 5.56 Å². The molecule has 1 rings (SSSR count). The van der Waals surface area contributed by atoms with Crippen molar-refractivity contribution in [2.45, 2.75) is 6.17 Å². The van der Waals surface area contributed by atoms with Crippen molar-refractivity contribution in [2.75, 3.05) is 0 Å². The van der Waals surface area contributed by atoms with E-state index in [0.717, 1.165) is 0 Å². The molecular formula is C7H12N4O. The number of para-hydroxylation sites is 1. The minimum absolute atomic E-state index is 0.151. The number of benzene rings is 1. The summed E-state index contributed by atoms with van der Waals surface area (Å²) >= 11 is 0. The molecule has 66 valence electrons. The van der Waals surface area contributed by atoms with Gasteiger partial charge in [-0.25, -0.2) is 10.9 Å². The molecule has 1 aromatic carbocycles. The third-order valence-electron chi connectivity index (χ3n) is 1.58. The predicted octanol–water partition coefficient (Wildman–Crippen LogP) is -0.683. The average molecular weight is 168 g/mol. The van der Waals surface area contributed by atoms with E-state index in [1.165, 1.54) is 0 Å². The molecule has 5 heteroatoms. The Labute approximate surface area is 70.3 Å². The number of rotatable bonds is 3. The van der Waals surface area contributed by atoms with Gasteiger partial charge in [-0.2, -0.15) is 0 Å². The molecule has 0 saturated heterocycles. The Kier molecular flexibility index (Phi) is 3.01. The third kappa shape index (κ3) is 1.72. The summed E-state index contributed by atoms with van der Waals surface area (Å²) in [7, 11) is 0. The Balaban J connectivity index is 2.92. The van der Waals surface area contributed by atoms with Gasteiger partial charge in [0.15, 0.2) is 0 Å². The smallest absolute Gasteiger partial charge is 0.121 e. The summed E-state index contributed by atoms with van der Waals surface area (Å²) in [6, 6.07) is 6.80. The summed E-state index contributed by atoms with van der Waals surface area (Å²) < 4.78 is 0. The van der Waals surface area contributed by atoms with E-state index in [1.54, 1.807) is 24.3 Å². The molecule has 0 radical (unpaired) electrons. The van der Waals surface area contributed by atoms with E-state index in [2.05, 4.69) is 10.9 Å². The Morgan fingerprint density at radius 1 is 1.17 bits per heavy atom. The van der Waals surface area contributed by atoms with Crippen molar-refractivity contribution in [2.24, 2.45) is 11.7 Å². The molecule has 0 aliphatic carbocycles. The largest absolute Gasteiger partial charge is 0.508 e. The van der Waals surface area contributed by atoms with Crippen LogP contribution in [-0.4, -0.2) is 5.11 Å². The van der Waals surface area contributed by atoms with Gasteiger partial charge in [-0.1, -0.05) is 18.2 Å². The molecule has 0 fully saturated rings. The number of aromatic hydroxyl groups is 1. The van der Waals surface area contributed by atoms with E-state index in [-0.39, 0.29) is 5.75 Å². The number of nitrogens with two attached hydrogens (primary N) is 2. The topological polar surface area (TPSA) is 96.3 Å². The predicted molar refractivity (Wildman–Crippen MR) is 45.5 cm³/mol. The summed E-state index contributed by atoms with van der Waals surface area (Å²) in [5, 5.41) is 9.35. The zero-order valence-electron chi connectivity index (χ0n) is 6.49. The quantitative estimate of drug-likeness (QED) is 0.234. The molecular weight excluding hydrogens is 156 g/mol. The van der Waals surface area contributed by atoms with Crippen molar-refractivity contribution < 1.29 is 5.11 Å². The van der Waals surface area contributed by atoms with Crippen LogP contribution in [0, 0.1) is 0 Å². The first-order valence-corrected chi connectivity index (χ1v) is 3.49. The highest BCUT2D eigenvalue weighted by Gasteiger charge is 2.09. The monoisotopic (exact) mass is 168 g/mol. The summed E-state index contributed by atoms with van der Waals surface area (Å²) in [4.78, 5) is 0. The van der Waals surface area contributed by atoms with Crippen molar-refractivity contribution in [3.63, 3.8) is 0 Å². The van der Waals surface area contributed by atoms with Gasteiger partial charge in [0.25, 0.3) is 0 Å². The van der Waals surface area contributed by atoms with Crippen LogP contribution in [0.1, 0.15) is 11.7 Å². The summed E-state index contributed by atoms with van der Waals surface area (Å²) in [5.41, 5.74) is 5.44. The summed E-state index contributed by atoms with van der Waals surface area (Å²) in [5.74, 6) is 10.5. The Bertz CT molecular complexity index is 249. The highest BCUT2D eigenvalue weighted by Crippen LogP contribution is 2.20. The molecule has 0 aliphatic rings. The van der Waals surface area contributed by atoms with Crippen LogP contribution in [0.15, 0.2) is 24.3 Å². The van der Waals surface area contributed by atoms with E-state index in [1.807, 2.05) is 0 Å². The Hall–Kier alpha value is -1.14. The Morgan fingerprint density at radius 2 is 1.75 bits per heavy atom. The first-order chi connectivity index (χ1) is 5.79. The van der Waals surface area contributed by atoms with Gasteiger partial charge in [0.05, 0.1) is 0 Å². The minimum Gasteiger partial charge on any atom is -0.508 e. The molecule has 0 spiro atoms. The van der Waals surface area contributed by atoms with Crippen LogP contribution in [-0.2, 0) is 0 Å². The van der Waals surface area contributed by atoms with Crippen LogP contribution in [0.2, 0.25) is 0 Å². The first kappa shape index (κ1) is 8.95. The molecule has 0 amide bonds. The minimum atomic E-state index is -0.439. The van der Waals surface area contributed by atoms with Gasteiger partial charge in [-0.05, 0) is 6.07 Å².